The van der Waals surface area contributed by atoms with Gasteiger partial charge in [0.05, 0.1) is 0 Å². The fourth-order valence-corrected chi connectivity index (χ4v) is 3.67. The second kappa shape index (κ2) is 8.18. The molecule has 1 atom stereocenters. The van der Waals surface area contributed by atoms with Gasteiger partial charge in [-0.25, -0.2) is 9.59 Å². The molecule has 1 aliphatic heterocycles. The maximum Gasteiger partial charge on any atom is 0.411 e. The second-order valence-corrected chi connectivity index (χ2v) is 8.19. The standard InChI is InChI=1S/C23H26N2O5/c1-23(2,3)30-22(29)25-13-12-17-16(6-5-7-18(17)19(25)21(27)28)14-8-10-15(11-9-14)20(26)24-4/h5-11,19H,12-13H2,1-4H3,(H,24,26)(H,27,28). The number of carbonyl (C=O) groups is 3. The molecule has 2 aromatic rings. The van der Waals surface area contributed by atoms with Crippen LogP contribution >= 0.6 is 0 Å². The first-order valence-corrected chi connectivity index (χ1v) is 9.79. The van der Waals surface area contributed by atoms with Gasteiger partial charge in [-0.2, -0.15) is 0 Å². The van der Waals surface area contributed by atoms with Gasteiger partial charge in [-0.15, -0.1) is 0 Å². The summed E-state index contributed by atoms with van der Waals surface area (Å²) in [6.07, 6.45) is -0.132. The number of amides is 2. The van der Waals surface area contributed by atoms with Crippen LogP contribution in [0.15, 0.2) is 42.5 Å². The average Bonchev–Trinajstić information content (AvgIpc) is 2.70. The maximum atomic E-state index is 12.6. The third kappa shape index (κ3) is 4.30. The van der Waals surface area contributed by atoms with Crippen molar-refractivity contribution < 1.29 is 24.2 Å². The van der Waals surface area contributed by atoms with E-state index in [4.69, 9.17) is 4.74 Å². The number of fused-ring (bicyclic) bond motifs is 1. The molecule has 30 heavy (non-hydrogen) atoms. The van der Waals surface area contributed by atoms with E-state index in [9.17, 15) is 19.5 Å². The normalized spacial score (nSPS) is 15.9. The third-order valence-corrected chi connectivity index (χ3v) is 4.97. The number of carbonyl (C=O) groups excluding carboxylic acids is 2. The van der Waals surface area contributed by atoms with Crippen LogP contribution in [0.5, 0.6) is 0 Å². The van der Waals surface area contributed by atoms with E-state index in [2.05, 4.69) is 5.32 Å². The van der Waals surface area contributed by atoms with E-state index in [1.165, 1.54) is 4.90 Å². The van der Waals surface area contributed by atoms with Gasteiger partial charge in [0.1, 0.15) is 5.60 Å². The van der Waals surface area contributed by atoms with Crippen molar-refractivity contribution in [1.29, 1.82) is 0 Å². The van der Waals surface area contributed by atoms with Crippen LogP contribution < -0.4 is 5.32 Å². The van der Waals surface area contributed by atoms with E-state index in [1.807, 2.05) is 18.2 Å². The molecule has 3 rings (SSSR count). The zero-order valence-electron chi connectivity index (χ0n) is 17.6. The van der Waals surface area contributed by atoms with Crippen molar-refractivity contribution in [1.82, 2.24) is 10.2 Å². The summed E-state index contributed by atoms with van der Waals surface area (Å²) in [6, 6.07) is 11.5. The van der Waals surface area contributed by atoms with Gasteiger partial charge < -0.3 is 15.2 Å². The number of rotatable bonds is 3. The van der Waals surface area contributed by atoms with Gasteiger partial charge in [-0.1, -0.05) is 30.3 Å². The number of nitrogens with zero attached hydrogens (tertiary/aromatic N) is 1. The van der Waals surface area contributed by atoms with Crippen LogP contribution in [0.4, 0.5) is 4.79 Å². The van der Waals surface area contributed by atoms with Crippen molar-refractivity contribution in [2.45, 2.75) is 38.8 Å². The summed E-state index contributed by atoms with van der Waals surface area (Å²) in [4.78, 5) is 37.8. The molecule has 7 nitrogen and oxygen atoms in total. The molecule has 2 aromatic carbocycles. The summed E-state index contributed by atoms with van der Waals surface area (Å²) in [5.74, 6) is -1.27. The lowest BCUT2D eigenvalue weighted by Gasteiger charge is -2.36. The zero-order chi connectivity index (χ0) is 22.1. The Hall–Kier alpha value is -3.35. The summed E-state index contributed by atoms with van der Waals surface area (Å²) in [7, 11) is 1.58. The van der Waals surface area contributed by atoms with Crippen LogP contribution in [-0.4, -0.2) is 47.2 Å². The molecule has 0 aromatic heterocycles. The number of ether oxygens (including phenoxy) is 1. The van der Waals surface area contributed by atoms with Crippen LogP contribution in [0, 0.1) is 0 Å². The molecule has 0 fully saturated rings. The van der Waals surface area contributed by atoms with Gasteiger partial charge in [0.25, 0.3) is 5.91 Å². The van der Waals surface area contributed by atoms with Gasteiger partial charge in [0.2, 0.25) is 0 Å². The van der Waals surface area contributed by atoms with Gasteiger partial charge >= 0.3 is 12.1 Å². The first-order chi connectivity index (χ1) is 14.1. The summed E-state index contributed by atoms with van der Waals surface area (Å²) >= 11 is 0. The Bertz CT molecular complexity index is 976. The lowest BCUT2D eigenvalue weighted by Crippen LogP contribution is -2.45. The minimum Gasteiger partial charge on any atom is -0.479 e. The molecular formula is C23H26N2O5. The Balaban J connectivity index is 1.99. The van der Waals surface area contributed by atoms with Crippen molar-refractivity contribution in [2.75, 3.05) is 13.6 Å². The third-order valence-electron chi connectivity index (χ3n) is 4.97. The Labute approximate surface area is 175 Å². The van der Waals surface area contributed by atoms with Crippen LogP contribution in [0.2, 0.25) is 0 Å². The molecule has 1 heterocycles. The molecule has 2 N–H and O–H groups in total. The molecule has 2 amide bonds. The molecule has 7 heteroatoms. The summed E-state index contributed by atoms with van der Waals surface area (Å²) in [5, 5.41) is 12.5. The van der Waals surface area contributed by atoms with Crippen molar-refractivity contribution in [3.8, 4) is 11.1 Å². The molecule has 0 saturated heterocycles. The van der Waals surface area contributed by atoms with Crippen molar-refractivity contribution in [3.05, 3.63) is 59.2 Å². The van der Waals surface area contributed by atoms with Gasteiger partial charge in [0, 0.05) is 19.2 Å². The highest BCUT2D eigenvalue weighted by Gasteiger charge is 2.38. The maximum absolute atomic E-state index is 12.6. The number of carboxylic acids is 1. The Morgan fingerprint density at radius 2 is 1.77 bits per heavy atom. The fourth-order valence-electron chi connectivity index (χ4n) is 3.67. The Kier molecular flexibility index (Phi) is 5.82. The predicted molar refractivity (Wildman–Crippen MR) is 112 cm³/mol. The van der Waals surface area contributed by atoms with Crippen LogP contribution in [0.1, 0.15) is 48.3 Å². The molecule has 1 unspecified atom stereocenters. The van der Waals surface area contributed by atoms with Crippen LogP contribution in [0.3, 0.4) is 0 Å². The van der Waals surface area contributed by atoms with E-state index in [1.54, 1.807) is 52.1 Å². The summed E-state index contributed by atoms with van der Waals surface area (Å²) in [6.45, 7) is 5.49. The van der Waals surface area contributed by atoms with E-state index >= 15 is 0 Å². The van der Waals surface area contributed by atoms with Crippen LogP contribution in [-0.2, 0) is 16.0 Å². The molecule has 158 valence electrons. The summed E-state index contributed by atoms with van der Waals surface area (Å²) < 4.78 is 5.42. The second-order valence-electron chi connectivity index (χ2n) is 8.19. The quantitative estimate of drug-likeness (QED) is 0.806. The Morgan fingerprint density at radius 1 is 1.10 bits per heavy atom. The number of aliphatic carboxylic acids is 1. The molecule has 0 saturated carbocycles. The minimum atomic E-state index is -1.12. The summed E-state index contributed by atoms with van der Waals surface area (Å²) in [5.41, 5.74) is 3.07. The van der Waals surface area contributed by atoms with Gasteiger partial charge in [-0.3, -0.25) is 9.69 Å². The predicted octanol–water partition coefficient (Wildman–Crippen LogP) is 3.63. The van der Waals surface area contributed by atoms with E-state index in [0.29, 0.717) is 17.5 Å². The molecule has 1 aliphatic rings. The van der Waals surface area contributed by atoms with Crippen molar-refractivity contribution >= 4 is 18.0 Å². The number of hydrogen-bond acceptors (Lipinski definition) is 4. The van der Waals surface area contributed by atoms with Gasteiger partial charge in [-0.05, 0) is 61.6 Å². The lowest BCUT2D eigenvalue weighted by molar-refractivity contribution is -0.143. The van der Waals surface area contributed by atoms with Crippen LogP contribution in [0.25, 0.3) is 11.1 Å². The smallest absolute Gasteiger partial charge is 0.411 e. The first-order valence-electron chi connectivity index (χ1n) is 9.79. The Morgan fingerprint density at radius 3 is 2.33 bits per heavy atom. The number of nitrogens with one attached hydrogen (secondary N) is 1. The fraction of sp³-hybridized carbons (Fsp3) is 0.348. The minimum absolute atomic E-state index is 0.171. The topological polar surface area (TPSA) is 95.9 Å². The SMILES string of the molecule is CNC(=O)c1ccc(-c2cccc3c2CCN(C(=O)OC(C)(C)C)C3C(=O)O)cc1. The number of benzene rings is 2. The highest BCUT2D eigenvalue weighted by atomic mass is 16.6. The van der Waals surface area contributed by atoms with E-state index in [0.717, 1.165) is 16.7 Å². The van der Waals surface area contributed by atoms with Gasteiger partial charge in [0.15, 0.2) is 6.04 Å². The largest absolute Gasteiger partial charge is 0.479 e. The lowest BCUT2D eigenvalue weighted by atomic mass is 9.86. The van der Waals surface area contributed by atoms with Crippen molar-refractivity contribution in [3.63, 3.8) is 0 Å². The molecular weight excluding hydrogens is 384 g/mol. The highest BCUT2D eigenvalue weighted by Crippen LogP contribution is 2.37. The average molecular weight is 410 g/mol. The van der Waals surface area contributed by atoms with E-state index < -0.39 is 23.7 Å². The number of carboxylic acid groups (broad SMARTS) is 1. The first kappa shape index (κ1) is 21.4. The monoisotopic (exact) mass is 410 g/mol. The highest BCUT2D eigenvalue weighted by molar-refractivity contribution is 5.94. The zero-order valence-corrected chi connectivity index (χ0v) is 17.6. The molecule has 0 bridgehead atoms. The molecule has 0 aliphatic carbocycles. The van der Waals surface area contributed by atoms with Crippen molar-refractivity contribution in [2.24, 2.45) is 0 Å². The molecule has 0 spiro atoms. The number of hydrogen-bond donors (Lipinski definition) is 2. The molecule has 0 radical (unpaired) electrons. The van der Waals surface area contributed by atoms with E-state index in [-0.39, 0.29) is 12.5 Å².